The van der Waals surface area contributed by atoms with Gasteiger partial charge in [-0.15, -0.1) is 11.3 Å². The van der Waals surface area contributed by atoms with Crippen molar-refractivity contribution in [2.45, 2.75) is 31.7 Å². The molecule has 0 aliphatic heterocycles. The number of fused-ring (bicyclic) bond motifs is 1. The first kappa shape index (κ1) is 12.0. The smallest absolute Gasteiger partial charge is 0.113 e. The largest absolute Gasteiger partial charge is 0.399 e. The van der Waals surface area contributed by atoms with Crippen molar-refractivity contribution in [3.05, 3.63) is 46.4 Å². The van der Waals surface area contributed by atoms with E-state index in [0.717, 1.165) is 24.2 Å². The molecule has 1 saturated carbocycles. The molecule has 3 aromatic rings. The molecule has 1 aliphatic carbocycles. The molecule has 2 heterocycles. The number of aryl methyl sites for hydroxylation is 2. The third-order valence-corrected chi connectivity index (χ3v) is 4.84. The number of thiophene rings is 1. The molecule has 0 spiro atoms. The van der Waals surface area contributed by atoms with Crippen LogP contribution in [-0.4, -0.2) is 9.55 Å². The maximum atomic E-state index is 5.88. The summed E-state index contributed by atoms with van der Waals surface area (Å²) < 4.78 is 2.40. The summed E-state index contributed by atoms with van der Waals surface area (Å²) in [6.45, 7) is 1.01. The van der Waals surface area contributed by atoms with E-state index in [1.54, 1.807) is 0 Å². The van der Waals surface area contributed by atoms with Crippen molar-refractivity contribution in [2.24, 2.45) is 0 Å². The number of imidazole rings is 1. The number of nitrogens with two attached hydrogens (primary N) is 1. The minimum absolute atomic E-state index is 0.659. The van der Waals surface area contributed by atoms with Crippen molar-refractivity contribution in [3.63, 3.8) is 0 Å². The number of benzene rings is 1. The van der Waals surface area contributed by atoms with Crippen LogP contribution in [0, 0.1) is 0 Å². The molecule has 0 unspecified atom stereocenters. The van der Waals surface area contributed by atoms with Crippen LogP contribution < -0.4 is 5.73 Å². The van der Waals surface area contributed by atoms with Gasteiger partial charge in [-0.1, -0.05) is 6.07 Å². The third-order valence-electron chi connectivity index (χ3n) is 3.91. The predicted molar refractivity (Wildman–Crippen MR) is 84.1 cm³/mol. The van der Waals surface area contributed by atoms with E-state index in [9.17, 15) is 0 Å². The molecule has 0 amide bonds. The summed E-state index contributed by atoms with van der Waals surface area (Å²) in [4.78, 5) is 6.26. The Kier molecular flexibility index (Phi) is 2.77. The van der Waals surface area contributed by atoms with Crippen LogP contribution in [0.3, 0.4) is 0 Å². The van der Waals surface area contributed by atoms with Gasteiger partial charge >= 0.3 is 0 Å². The SMILES string of the molecule is Nc1ccc2c(c1)nc(C1CC1)n2CCc1cccs1. The van der Waals surface area contributed by atoms with Crippen LogP contribution in [0.25, 0.3) is 11.0 Å². The van der Waals surface area contributed by atoms with Gasteiger partial charge in [-0.05, 0) is 48.9 Å². The van der Waals surface area contributed by atoms with E-state index in [2.05, 4.69) is 28.1 Å². The molecule has 102 valence electrons. The number of nitrogens with zero attached hydrogens (tertiary/aromatic N) is 2. The fourth-order valence-electron chi connectivity index (χ4n) is 2.73. The minimum Gasteiger partial charge on any atom is -0.399 e. The Labute approximate surface area is 122 Å². The Hall–Kier alpha value is -1.81. The summed E-state index contributed by atoms with van der Waals surface area (Å²) in [6.07, 6.45) is 3.63. The Morgan fingerprint density at radius 2 is 2.20 bits per heavy atom. The molecule has 1 fully saturated rings. The van der Waals surface area contributed by atoms with Gasteiger partial charge in [-0.25, -0.2) is 4.98 Å². The van der Waals surface area contributed by atoms with E-state index in [0.29, 0.717) is 5.92 Å². The predicted octanol–water partition coefficient (Wildman–Crippen LogP) is 3.80. The van der Waals surface area contributed by atoms with E-state index in [4.69, 9.17) is 10.7 Å². The summed E-state index contributed by atoms with van der Waals surface area (Å²) in [7, 11) is 0. The molecule has 0 bridgehead atoms. The molecule has 1 aromatic carbocycles. The first-order valence-corrected chi connectivity index (χ1v) is 7.97. The fourth-order valence-corrected chi connectivity index (χ4v) is 3.43. The highest BCUT2D eigenvalue weighted by molar-refractivity contribution is 7.09. The second kappa shape index (κ2) is 4.63. The summed E-state index contributed by atoms with van der Waals surface area (Å²) in [5, 5.41) is 2.14. The quantitative estimate of drug-likeness (QED) is 0.740. The lowest BCUT2D eigenvalue weighted by atomic mass is 10.2. The molecule has 3 nitrogen and oxygen atoms in total. The van der Waals surface area contributed by atoms with Crippen LogP contribution in [0.2, 0.25) is 0 Å². The van der Waals surface area contributed by atoms with Gasteiger partial charge < -0.3 is 10.3 Å². The Morgan fingerprint density at radius 3 is 2.95 bits per heavy atom. The molecule has 4 rings (SSSR count). The first-order valence-electron chi connectivity index (χ1n) is 7.09. The van der Waals surface area contributed by atoms with Crippen LogP contribution in [0.1, 0.15) is 29.5 Å². The lowest BCUT2D eigenvalue weighted by molar-refractivity contribution is 0.675. The average molecular weight is 283 g/mol. The average Bonchev–Trinajstić information content (AvgIpc) is 3.03. The van der Waals surface area contributed by atoms with Gasteiger partial charge in [0, 0.05) is 23.0 Å². The van der Waals surface area contributed by atoms with E-state index in [1.807, 2.05) is 23.5 Å². The highest BCUT2D eigenvalue weighted by atomic mass is 32.1. The standard InChI is InChI=1S/C16H17N3S/c17-12-5-6-15-14(10-12)18-16(11-3-4-11)19(15)8-7-13-2-1-9-20-13/h1-2,5-6,9-11H,3-4,7-8,17H2. The molecule has 0 atom stereocenters. The topological polar surface area (TPSA) is 43.8 Å². The molecular weight excluding hydrogens is 266 g/mol. The number of hydrogen-bond acceptors (Lipinski definition) is 3. The van der Waals surface area contributed by atoms with E-state index in [1.165, 1.54) is 29.1 Å². The van der Waals surface area contributed by atoms with Gasteiger partial charge in [0.05, 0.1) is 11.0 Å². The van der Waals surface area contributed by atoms with Crippen LogP contribution >= 0.6 is 11.3 Å². The van der Waals surface area contributed by atoms with E-state index < -0.39 is 0 Å². The number of nitrogen functional groups attached to an aromatic ring is 1. The highest BCUT2D eigenvalue weighted by Crippen LogP contribution is 2.41. The molecule has 0 radical (unpaired) electrons. The van der Waals surface area contributed by atoms with Gasteiger partial charge in [0.15, 0.2) is 0 Å². The van der Waals surface area contributed by atoms with E-state index >= 15 is 0 Å². The number of aromatic nitrogens is 2. The molecule has 2 N–H and O–H groups in total. The van der Waals surface area contributed by atoms with Gasteiger partial charge in [0.25, 0.3) is 0 Å². The minimum atomic E-state index is 0.659. The zero-order chi connectivity index (χ0) is 13.5. The van der Waals surface area contributed by atoms with Crippen LogP contribution in [-0.2, 0) is 13.0 Å². The normalized spacial score (nSPS) is 15.0. The number of hydrogen-bond donors (Lipinski definition) is 1. The lowest BCUT2D eigenvalue weighted by Crippen LogP contribution is -2.04. The van der Waals surface area contributed by atoms with Crippen molar-refractivity contribution >= 4 is 28.1 Å². The van der Waals surface area contributed by atoms with Crippen LogP contribution in [0.4, 0.5) is 5.69 Å². The molecule has 20 heavy (non-hydrogen) atoms. The monoisotopic (exact) mass is 283 g/mol. The van der Waals surface area contributed by atoms with Crippen molar-refractivity contribution in [1.29, 1.82) is 0 Å². The van der Waals surface area contributed by atoms with Gasteiger partial charge in [0.1, 0.15) is 5.82 Å². The Bertz CT molecular complexity index is 739. The second-order valence-electron chi connectivity index (χ2n) is 5.47. The van der Waals surface area contributed by atoms with E-state index in [-0.39, 0.29) is 0 Å². The zero-order valence-electron chi connectivity index (χ0n) is 11.2. The first-order chi connectivity index (χ1) is 9.81. The van der Waals surface area contributed by atoms with Gasteiger partial charge in [0.2, 0.25) is 0 Å². The maximum Gasteiger partial charge on any atom is 0.113 e. The Balaban J connectivity index is 1.73. The van der Waals surface area contributed by atoms with Crippen molar-refractivity contribution < 1.29 is 0 Å². The van der Waals surface area contributed by atoms with Crippen molar-refractivity contribution in [1.82, 2.24) is 9.55 Å². The summed E-state index contributed by atoms with van der Waals surface area (Å²) in [6, 6.07) is 10.4. The lowest BCUT2D eigenvalue weighted by Gasteiger charge is -2.08. The maximum absolute atomic E-state index is 5.88. The summed E-state index contributed by atoms with van der Waals surface area (Å²) in [5.74, 6) is 1.91. The van der Waals surface area contributed by atoms with Crippen molar-refractivity contribution in [2.75, 3.05) is 5.73 Å². The summed E-state index contributed by atoms with van der Waals surface area (Å²) >= 11 is 1.83. The summed E-state index contributed by atoms with van der Waals surface area (Å²) in [5.41, 5.74) is 8.93. The van der Waals surface area contributed by atoms with Crippen molar-refractivity contribution in [3.8, 4) is 0 Å². The van der Waals surface area contributed by atoms with Gasteiger partial charge in [-0.2, -0.15) is 0 Å². The molecule has 2 aromatic heterocycles. The fraction of sp³-hybridized carbons (Fsp3) is 0.312. The van der Waals surface area contributed by atoms with Gasteiger partial charge in [-0.3, -0.25) is 0 Å². The van der Waals surface area contributed by atoms with Crippen LogP contribution in [0.15, 0.2) is 35.7 Å². The zero-order valence-corrected chi connectivity index (χ0v) is 12.1. The third kappa shape index (κ3) is 2.10. The molecule has 4 heteroatoms. The molecule has 0 saturated heterocycles. The second-order valence-corrected chi connectivity index (χ2v) is 6.51. The number of anilines is 1. The Morgan fingerprint density at radius 1 is 1.30 bits per heavy atom. The van der Waals surface area contributed by atoms with Crippen LogP contribution in [0.5, 0.6) is 0 Å². The number of rotatable bonds is 4. The molecule has 1 aliphatic rings. The molecular formula is C16H17N3S. The highest BCUT2D eigenvalue weighted by Gasteiger charge is 2.29.